The molecule has 9 rings (SSSR count). The molecule has 2 atom stereocenters. The lowest BCUT2D eigenvalue weighted by molar-refractivity contribution is -0.136. The number of nitrogens with one attached hydrogen (secondary N) is 1. The van der Waals surface area contributed by atoms with Gasteiger partial charge in [0.1, 0.15) is 12.1 Å². The molecular weight excluding hydrogens is 756 g/mol. The Labute approximate surface area is 343 Å². The average Bonchev–Trinajstić information content (AvgIpc) is 3.70. The Balaban J connectivity index is 0.744. The van der Waals surface area contributed by atoms with Crippen LogP contribution in [0.25, 0.3) is 0 Å². The predicted molar refractivity (Wildman–Crippen MR) is 219 cm³/mol. The highest BCUT2D eigenvalue weighted by Gasteiger charge is 2.47. The smallest absolute Gasteiger partial charge is 0.262 e. The Kier molecular flexibility index (Phi) is 9.88. The van der Waals surface area contributed by atoms with Crippen molar-refractivity contribution in [3.8, 4) is 6.07 Å². The van der Waals surface area contributed by atoms with Crippen LogP contribution >= 0.6 is 11.6 Å². The molecule has 58 heavy (non-hydrogen) atoms. The van der Waals surface area contributed by atoms with Crippen molar-refractivity contribution in [3.63, 3.8) is 0 Å². The van der Waals surface area contributed by atoms with Crippen molar-refractivity contribution in [3.05, 3.63) is 87.9 Å². The topological polar surface area (TPSA) is 141 Å². The summed E-state index contributed by atoms with van der Waals surface area (Å²) in [6.07, 6.45) is 4.64. The second-order valence-corrected chi connectivity index (χ2v) is 17.2. The number of amides is 5. The van der Waals surface area contributed by atoms with Crippen molar-refractivity contribution in [2.75, 3.05) is 73.6 Å². The van der Waals surface area contributed by atoms with Gasteiger partial charge in [-0.2, -0.15) is 5.26 Å². The van der Waals surface area contributed by atoms with Crippen LogP contribution in [0.2, 0.25) is 5.02 Å². The van der Waals surface area contributed by atoms with E-state index in [-0.39, 0.29) is 35.3 Å². The van der Waals surface area contributed by atoms with Gasteiger partial charge < -0.3 is 19.6 Å². The van der Waals surface area contributed by atoms with Crippen LogP contribution in [0.5, 0.6) is 0 Å². The lowest BCUT2D eigenvalue weighted by atomic mass is 9.76. The number of anilines is 3. The number of rotatable bonds is 7. The van der Waals surface area contributed by atoms with Crippen LogP contribution in [0, 0.1) is 16.7 Å². The summed E-state index contributed by atoms with van der Waals surface area (Å²) >= 11 is 6.42. The Hall–Kier alpha value is -5.45. The third-order valence-electron chi connectivity index (χ3n) is 13.6. The van der Waals surface area contributed by atoms with Gasteiger partial charge in [0.2, 0.25) is 11.8 Å². The standard InChI is InChI=1S/C44H47ClN8O5/c1-2-30-23-44(27-52(30)33-8-5-29(24-46)37(45)22-33)13-15-48(16-14-44)31-6-3-28(4-7-31)41(56)50-19-17-49(18-20-50)34-25-51(26-34)32-9-10-35-36(21-32)43(58)53(42(35)57)38-11-12-39(54)47-40(38)55/h3-10,21-22,30,34,38H,2,11-20,23,25-27H2,1H3,(H,47,54,55)/t30-,38?/m0/s1. The van der Waals surface area contributed by atoms with Crippen LogP contribution in [0.4, 0.5) is 17.1 Å². The van der Waals surface area contributed by atoms with E-state index in [0.717, 1.165) is 93.5 Å². The van der Waals surface area contributed by atoms with Gasteiger partial charge >= 0.3 is 0 Å². The van der Waals surface area contributed by atoms with E-state index in [1.54, 1.807) is 12.1 Å². The maximum atomic E-state index is 13.6. The third kappa shape index (κ3) is 6.75. The molecule has 3 aromatic rings. The number of hydrogen-bond acceptors (Lipinski definition) is 10. The average molecular weight is 803 g/mol. The third-order valence-corrected chi connectivity index (χ3v) is 13.9. The molecule has 3 aromatic carbocycles. The maximum absolute atomic E-state index is 13.6. The summed E-state index contributed by atoms with van der Waals surface area (Å²) < 4.78 is 0. The van der Waals surface area contributed by atoms with Gasteiger partial charge in [0.15, 0.2) is 0 Å². The fraction of sp³-hybridized carbons (Fsp3) is 0.455. The van der Waals surface area contributed by atoms with Crippen LogP contribution in [0.15, 0.2) is 60.7 Å². The molecule has 1 spiro atoms. The molecule has 0 radical (unpaired) electrons. The number of nitrogens with zero attached hydrogens (tertiary/aromatic N) is 7. The van der Waals surface area contributed by atoms with Gasteiger partial charge in [0.05, 0.1) is 21.7 Å². The van der Waals surface area contributed by atoms with Crippen molar-refractivity contribution in [2.24, 2.45) is 5.41 Å². The largest absolute Gasteiger partial charge is 0.371 e. The van der Waals surface area contributed by atoms with E-state index in [2.05, 4.69) is 50.0 Å². The molecule has 5 fully saturated rings. The van der Waals surface area contributed by atoms with E-state index in [1.165, 1.54) is 0 Å². The second kappa shape index (κ2) is 15.1. The van der Waals surface area contributed by atoms with Crippen LogP contribution in [0.1, 0.15) is 82.1 Å². The van der Waals surface area contributed by atoms with Gasteiger partial charge in [-0.05, 0) is 98.2 Å². The van der Waals surface area contributed by atoms with E-state index in [1.807, 2.05) is 41.3 Å². The van der Waals surface area contributed by atoms with Gasteiger partial charge in [-0.3, -0.25) is 39.1 Å². The number of halogens is 1. The van der Waals surface area contributed by atoms with Crippen molar-refractivity contribution in [1.82, 2.24) is 20.0 Å². The monoisotopic (exact) mass is 802 g/mol. The molecule has 0 bridgehead atoms. The highest BCUT2D eigenvalue weighted by molar-refractivity contribution is 6.32. The normalized spacial score (nSPS) is 23.6. The number of benzene rings is 3. The fourth-order valence-corrected chi connectivity index (χ4v) is 10.3. The molecule has 0 aliphatic carbocycles. The summed E-state index contributed by atoms with van der Waals surface area (Å²) in [6, 6.07) is 21.1. The Bertz CT molecular complexity index is 2220. The van der Waals surface area contributed by atoms with Crippen molar-refractivity contribution in [2.45, 2.75) is 63.6 Å². The minimum atomic E-state index is -0.983. The van der Waals surface area contributed by atoms with E-state index in [0.29, 0.717) is 41.3 Å². The van der Waals surface area contributed by atoms with Gasteiger partial charge in [-0.1, -0.05) is 18.5 Å². The Morgan fingerprint density at radius 1 is 0.845 bits per heavy atom. The summed E-state index contributed by atoms with van der Waals surface area (Å²) in [5, 5.41) is 12.1. The van der Waals surface area contributed by atoms with E-state index in [4.69, 9.17) is 11.6 Å². The number of carbonyl (C=O) groups excluding carboxylic acids is 5. The quantitative estimate of drug-likeness (QED) is 0.339. The van der Waals surface area contributed by atoms with Crippen LogP contribution in [0.3, 0.4) is 0 Å². The number of nitriles is 1. The molecule has 6 aliphatic rings. The number of fused-ring (bicyclic) bond motifs is 1. The second-order valence-electron chi connectivity index (χ2n) is 16.8. The first-order valence-electron chi connectivity index (χ1n) is 20.5. The number of carbonyl (C=O) groups is 5. The Morgan fingerprint density at radius 3 is 2.21 bits per heavy atom. The van der Waals surface area contributed by atoms with Crippen molar-refractivity contribution in [1.29, 1.82) is 5.26 Å². The predicted octanol–water partition coefficient (Wildman–Crippen LogP) is 4.53. The molecule has 14 heteroatoms. The zero-order valence-electron chi connectivity index (χ0n) is 32.7. The molecular formula is C44H47ClN8O5. The molecule has 5 amide bonds. The lowest BCUT2D eigenvalue weighted by Gasteiger charge is -2.49. The fourth-order valence-electron chi connectivity index (χ4n) is 10.0. The van der Waals surface area contributed by atoms with E-state index < -0.39 is 29.7 Å². The number of piperidine rings is 2. The first kappa shape index (κ1) is 38.1. The van der Waals surface area contributed by atoms with Gasteiger partial charge in [0.25, 0.3) is 17.7 Å². The first-order chi connectivity index (χ1) is 28.0. The molecule has 1 unspecified atom stereocenters. The molecule has 5 saturated heterocycles. The molecule has 300 valence electrons. The van der Waals surface area contributed by atoms with Gasteiger partial charge in [-0.25, -0.2) is 0 Å². The van der Waals surface area contributed by atoms with Crippen molar-refractivity contribution < 1.29 is 24.0 Å². The summed E-state index contributed by atoms with van der Waals surface area (Å²) in [5.41, 5.74) is 5.13. The highest BCUT2D eigenvalue weighted by Crippen LogP contribution is 2.47. The molecule has 6 aliphatic heterocycles. The molecule has 13 nitrogen and oxygen atoms in total. The molecule has 0 aromatic heterocycles. The first-order valence-corrected chi connectivity index (χ1v) is 20.9. The van der Waals surface area contributed by atoms with Crippen LogP contribution in [-0.4, -0.2) is 121 Å². The van der Waals surface area contributed by atoms with Gasteiger partial charge in [0, 0.05) is 100 Å². The maximum Gasteiger partial charge on any atom is 0.262 e. The van der Waals surface area contributed by atoms with Gasteiger partial charge in [-0.15, -0.1) is 0 Å². The molecule has 1 N–H and O–H groups in total. The zero-order chi connectivity index (χ0) is 40.3. The van der Waals surface area contributed by atoms with E-state index >= 15 is 0 Å². The van der Waals surface area contributed by atoms with Crippen molar-refractivity contribution >= 4 is 58.2 Å². The molecule has 0 saturated carbocycles. The summed E-state index contributed by atoms with van der Waals surface area (Å²) in [4.78, 5) is 76.5. The minimum Gasteiger partial charge on any atom is -0.371 e. The zero-order valence-corrected chi connectivity index (χ0v) is 33.4. The van der Waals surface area contributed by atoms with Crippen LogP contribution < -0.4 is 20.0 Å². The number of hydrogen-bond donors (Lipinski definition) is 1. The summed E-state index contributed by atoms with van der Waals surface area (Å²) in [7, 11) is 0. The highest BCUT2D eigenvalue weighted by atomic mass is 35.5. The SMILES string of the molecule is CC[C@H]1CC2(CCN(c3ccc(C(=O)N4CCN(C5CN(c6ccc7c(c6)C(=O)N(C6CCC(=O)NC6=O)C7=O)C5)CC4)cc3)CC2)CN1c1ccc(C#N)c(Cl)c1. The summed E-state index contributed by atoms with van der Waals surface area (Å²) in [5.74, 6) is -1.96. The number of imide groups is 2. The summed E-state index contributed by atoms with van der Waals surface area (Å²) in [6.45, 7) is 9.61. The lowest BCUT2D eigenvalue weighted by Crippen LogP contribution is -2.63. The van der Waals surface area contributed by atoms with Crippen LogP contribution in [-0.2, 0) is 9.59 Å². The minimum absolute atomic E-state index is 0.0577. The van der Waals surface area contributed by atoms with E-state index in [9.17, 15) is 29.2 Å². The molecule has 6 heterocycles. The Morgan fingerprint density at radius 2 is 1.53 bits per heavy atom. The number of piperazine rings is 1.